The molecule has 2 aliphatic rings. The first-order chi connectivity index (χ1) is 10.9. The molecule has 2 amide bonds. The highest BCUT2D eigenvalue weighted by Crippen LogP contribution is 2.39. The standard InChI is InChI=1S/C15H14N2O5S/c1-16-13(18)9(14(19)17(2)15(16)23)4-8-5-11-12(22-7-21-11)6-10(8)20-3/h4-6H,7H2,1-3H3. The van der Waals surface area contributed by atoms with Gasteiger partial charge in [0.05, 0.1) is 7.11 Å². The van der Waals surface area contributed by atoms with Crippen molar-refractivity contribution in [3.05, 3.63) is 23.3 Å². The van der Waals surface area contributed by atoms with Crippen molar-refractivity contribution in [2.45, 2.75) is 0 Å². The second-order valence-corrected chi connectivity index (χ2v) is 5.38. The third-order valence-electron chi connectivity index (χ3n) is 3.67. The lowest BCUT2D eigenvalue weighted by molar-refractivity contribution is -0.132. The minimum atomic E-state index is -0.460. The summed E-state index contributed by atoms with van der Waals surface area (Å²) in [6.45, 7) is 0.121. The molecule has 0 bridgehead atoms. The van der Waals surface area contributed by atoms with Crippen molar-refractivity contribution in [1.82, 2.24) is 9.80 Å². The quantitative estimate of drug-likeness (QED) is 0.457. The van der Waals surface area contributed by atoms with Crippen molar-refractivity contribution in [2.24, 2.45) is 0 Å². The van der Waals surface area contributed by atoms with E-state index in [1.54, 1.807) is 12.1 Å². The van der Waals surface area contributed by atoms with Gasteiger partial charge in [-0.15, -0.1) is 0 Å². The average molecular weight is 334 g/mol. The molecule has 2 heterocycles. The van der Waals surface area contributed by atoms with Crippen molar-refractivity contribution in [2.75, 3.05) is 28.0 Å². The van der Waals surface area contributed by atoms with E-state index < -0.39 is 11.8 Å². The highest BCUT2D eigenvalue weighted by atomic mass is 32.1. The number of hydrogen-bond donors (Lipinski definition) is 0. The van der Waals surface area contributed by atoms with Gasteiger partial charge >= 0.3 is 0 Å². The molecule has 8 heteroatoms. The first kappa shape index (κ1) is 15.3. The van der Waals surface area contributed by atoms with Crippen LogP contribution >= 0.6 is 12.2 Å². The summed E-state index contributed by atoms with van der Waals surface area (Å²) in [4.78, 5) is 27.2. The molecule has 1 saturated heterocycles. The molecule has 1 aromatic carbocycles. The lowest BCUT2D eigenvalue weighted by Crippen LogP contribution is -2.52. The number of carbonyl (C=O) groups excluding carboxylic acids is 2. The molecule has 7 nitrogen and oxygen atoms in total. The van der Waals surface area contributed by atoms with Crippen LogP contribution in [0.25, 0.3) is 6.08 Å². The van der Waals surface area contributed by atoms with Gasteiger partial charge in [-0.1, -0.05) is 0 Å². The van der Waals surface area contributed by atoms with Gasteiger partial charge in [0, 0.05) is 25.7 Å². The van der Waals surface area contributed by atoms with Gasteiger partial charge in [-0.2, -0.15) is 0 Å². The highest BCUT2D eigenvalue weighted by Gasteiger charge is 2.35. The van der Waals surface area contributed by atoms with Crippen molar-refractivity contribution >= 4 is 35.2 Å². The fraction of sp³-hybridized carbons (Fsp3) is 0.267. The van der Waals surface area contributed by atoms with Crippen LogP contribution in [0.2, 0.25) is 0 Å². The predicted molar refractivity (Wildman–Crippen MR) is 85.2 cm³/mol. The molecule has 0 N–H and O–H groups in total. The molecule has 1 fully saturated rings. The van der Waals surface area contributed by atoms with Crippen LogP contribution in [0.5, 0.6) is 17.2 Å². The molecule has 0 spiro atoms. The number of ether oxygens (including phenoxy) is 3. The van der Waals surface area contributed by atoms with Crippen molar-refractivity contribution in [1.29, 1.82) is 0 Å². The summed E-state index contributed by atoms with van der Waals surface area (Å²) in [5, 5.41) is 0.162. The van der Waals surface area contributed by atoms with E-state index in [-0.39, 0.29) is 17.5 Å². The molecule has 0 aromatic heterocycles. The first-order valence-corrected chi connectivity index (χ1v) is 7.14. The number of carbonyl (C=O) groups is 2. The zero-order chi connectivity index (χ0) is 16.7. The summed E-state index contributed by atoms with van der Waals surface area (Å²) in [5.41, 5.74) is 0.545. The van der Waals surface area contributed by atoms with E-state index in [2.05, 4.69) is 0 Å². The van der Waals surface area contributed by atoms with E-state index in [1.165, 1.54) is 37.1 Å². The molecule has 1 aromatic rings. The number of nitrogens with zero attached hydrogens (tertiary/aromatic N) is 2. The fourth-order valence-electron chi connectivity index (χ4n) is 2.36. The number of rotatable bonds is 2. The summed E-state index contributed by atoms with van der Waals surface area (Å²) >= 11 is 5.06. The summed E-state index contributed by atoms with van der Waals surface area (Å²) < 4.78 is 15.9. The van der Waals surface area contributed by atoms with Crippen molar-refractivity contribution < 1.29 is 23.8 Å². The highest BCUT2D eigenvalue weighted by molar-refractivity contribution is 7.80. The molecular formula is C15H14N2O5S. The van der Waals surface area contributed by atoms with Gasteiger partial charge in [-0.05, 0) is 24.4 Å². The van der Waals surface area contributed by atoms with Crippen LogP contribution in [-0.4, -0.2) is 54.7 Å². The van der Waals surface area contributed by atoms with Gasteiger partial charge in [-0.25, -0.2) is 0 Å². The normalized spacial score (nSPS) is 17.0. The Kier molecular flexibility index (Phi) is 3.69. The van der Waals surface area contributed by atoms with Gasteiger partial charge in [0.2, 0.25) is 6.79 Å². The maximum atomic E-state index is 12.4. The Morgan fingerprint density at radius 1 is 1.13 bits per heavy atom. The number of methoxy groups -OCH3 is 1. The van der Waals surface area contributed by atoms with E-state index in [0.717, 1.165) is 0 Å². The second-order valence-electron chi connectivity index (χ2n) is 5.02. The molecule has 120 valence electrons. The number of amides is 2. The van der Waals surface area contributed by atoms with E-state index in [0.29, 0.717) is 22.8 Å². The van der Waals surface area contributed by atoms with Crippen LogP contribution < -0.4 is 14.2 Å². The Morgan fingerprint density at radius 3 is 2.26 bits per heavy atom. The largest absolute Gasteiger partial charge is 0.496 e. The van der Waals surface area contributed by atoms with E-state index >= 15 is 0 Å². The number of thiocarbonyl (C=S) groups is 1. The molecule has 0 aliphatic carbocycles. The first-order valence-electron chi connectivity index (χ1n) is 6.73. The molecule has 0 unspecified atom stereocenters. The van der Waals surface area contributed by atoms with Crippen LogP contribution in [-0.2, 0) is 9.59 Å². The molecule has 0 radical (unpaired) electrons. The monoisotopic (exact) mass is 334 g/mol. The van der Waals surface area contributed by atoms with E-state index in [1.807, 2.05) is 0 Å². The topological polar surface area (TPSA) is 68.3 Å². The lowest BCUT2D eigenvalue weighted by Gasteiger charge is -2.31. The van der Waals surface area contributed by atoms with Crippen LogP contribution in [0.3, 0.4) is 0 Å². The zero-order valence-corrected chi connectivity index (χ0v) is 13.6. The molecule has 0 saturated carbocycles. The van der Waals surface area contributed by atoms with Crippen molar-refractivity contribution in [3.63, 3.8) is 0 Å². The average Bonchev–Trinajstić information content (AvgIpc) is 3.01. The molecule has 3 rings (SSSR count). The van der Waals surface area contributed by atoms with Crippen LogP contribution in [0.15, 0.2) is 17.7 Å². The van der Waals surface area contributed by atoms with E-state index in [9.17, 15) is 9.59 Å². The second kappa shape index (κ2) is 5.54. The minimum Gasteiger partial charge on any atom is -0.496 e. The Morgan fingerprint density at radius 2 is 1.70 bits per heavy atom. The number of likely N-dealkylation sites (N-methyl/N-ethyl adjacent to an activating group) is 2. The van der Waals surface area contributed by atoms with Crippen LogP contribution in [0, 0.1) is 0 Å². The lowest BCUT2D eigenvalue weighted by atomic mass is 10.1. The Balaban J connectivity index is 2.08. The van der Waals surface area contributed by atoms with Gasteiger partial charge in [0.15, 0.2) is 16.6 Å². The smallest absolute Gasteiger partial charge is 0.265 e. The Bertz CT molecular complexity index is 732. The van der Waals surface area contributed by atoms with Crippen LogP contribution in [0.1, 0.15) is 5.56 Å². The molecule has 23 heavy (non-hydrogen) atoms. The molecule has 0 atom stereocenters. The van der Waals surface area contributed by atoms with Gasteiger partial charge in [0.1, 0.15) is 11.3 Å². The predicted octanol–water partition coefficient (Wildman–Crippen LogP) is 1.02. The number of benzene rings is 1. The third kappa shape index (κ3) is 2.40. The maximum absolute atomic E-state index is 12.4. The number of fused-ring (bicyclic) bond motifs is 1. The SMILES string of the molecule is COc1cc2c(cc1C=C1C(=O)N(C)C(=S)N(C)C1=O)OCO2. The van der Waals surface area contributed by atoms with Crippen molar-refractivity contribution in [3.8, 4) is 17.2 Å². The fourth-order valence-corrected chi connectivity index (χ4v) is 2.52. The summed E-state index contributed by atoms with van der Waals surface area (Å²) in [7, 11) is 4.55. The Labute approximate surface area is 138 Å². The molecule has 2 aliphatic heterocycles. The minimum absolute atomic E-state index is 0.000709. The van der Waals surface area contributed by atoms with E-state index in [4.69, 9.17) is 26.4 Å². The number of hydrogen-bond acceptors (Lipinski definition) is 6. The molecular weight excluding hydrogens is 320 g/mol. The van der Waals surface area contributed by atoms with Gasteiger partial charge in [0.25, 0.3) is 11.8 Å². The Hall–Kier alpha value is -2.61. The van der Waals surface area contributed by atoms with Gasteiger partial charge in [-0.3, -0.25) is 19.4 Å². The maximum Gasteiger partial charge on any atom is 0.265 e. The van der Waals surface area contributed by atoms with Gasteiger partial charge < -0.3 is 14.2 Å². The third-order valence-corrected chi connectivity index (χ3v) is 4.22. The summed E-state index contributed by atoms with van der Waals surface area (Å²) in [6, 6.07) is 3.33. The van der Waals surface area contributed by atoms with Crippen LogP contribution in [0.4, 0.5) is 0 Å². The summed E-state index contributed by atoms with van der Waals surface area (Å²) in [6.07, 6.45) is 1.47. The summed E-state index contributed by atoms with van der Waals surface area (Å²) in [5.74, 6) is 0.641. The zero-order valence-electron chi connectivity index (χ0n) is 12.8.